The minimum Gasteiger partial charge on any atom is -0.508 e. The van der Waals surface area contributed by atoms with Crippen LogP contribution >= 0.6 is 0 Å². The van der Waals surface area contributed by atoms with Crippen molar-refractivity contribution in [2.75, 3.05) is 13.1 Å². The van der Waals surface area contributed by atoms with Gasteiger partial charge in [-0.25, -0.2) is 4.79 Å². The van der Waals surface area contributed by atoms with Gasteiger partial charge in [0.15, 0.2) is 0 Å². The van der Waals surface area contributed by atoms with Crippen LogP contribution in [0.15, 0.2) is 48.5 Å². The van der Waals surface area contributed by atoms with Gasteiger partial charge in [-0.2, -0.15) is 0 Å². The maximum absolute atomic E-state index is 14.3. The minimum absolute atomic E-state index is 0.106. The van der Waals surface area contributed by atoms with Gasteiger partial charge < -0.3 is 25.4 Å². The lowest BCUT2D eigenvalue weighted by atomic mass is 9.98. The van der Waals surface area contributed by atoms with E-state index in [9.17, 15) is 19.5 Å². The third kappa shape index (κ3) is 10.5. The van der Waals surface area contributed by atoms with E-state index in [-0.39, 0.29) is 24.0 Å². The average molecular weight is 554 g/mol. The molecule has 3 amide bonds. The highest BCUT2D eigenvalue weighted by molar-refractivity contribution is 5.92. The number of carbonyl (C=O) groups excluding carboxylic acids is 3. The summed E-state index contributed by atoms with van der Waals surface area (Å²) in [5, 5.41) is 15.5. The molecule has 2 atom stereocenters. The number of alkyl carbamates (subject to hydrolysis) is 1. The predicted octanol–water partition coefficient (Wildman–Crippen LogP) is 5.68. The minimum atomic E-state index is -0.990. The summed E-state index contributed by atoms with van der Waals surface area (Å²) < 4.78 is 5.47. The van der Waals surface area contributed by atoms with Crippen LogP contribution in [0.2, 0.25) is 0 Å². The molecular formula is C32H47N3O5. The molecule has 0 aliphatic heterocycles. The Balaban J connectivity index is 2.48. The lowest BCUT2D eigenvalue weighted by molar-refractivity contribution is -0.142. The number of hydrogen-bond donors (Lipinski definition) is 3. The second-order valence-corrected chi connectivity index (χ2v) is 11.1. The zero-order chi connectivity index (χ0) is 29.7. The van der Waals surface area contributed by atoms with Gasteiger partial charge in [-0.15, -0.1) is 0 Å². The van der Waals surface area contributed by atoms with Crippen molar-refractivity contribution in [3.63, 3.8) is 0 Å². The maximum Gasteiger partial charge on any atom is 0.408 e. The first-order valence-electron chi connectivity index (χ1n) is 14.4. The summed E-state index contributed by atoms with van der Waals surface area (Å²) in [7, 11) is 0. The summed E-state index contributed by atoms with van der Waals surface area (Å²) in [5.74, 6) is -0.522. The van der Waals surface area contributed by atoms with Gasteiger partial charge >= 0.3 is 6.09 Å². The third-order valence-corrected chi connectivity index (χ3v) is 6.46. The molecule has 2 rings (SSSR count). The van der Waals surface area contributed by atoms with E-state index in [4.69, 9.17) is 4.74 Å². The number of carbonyl (C=O) groups is 3. The highest BCUT2D eigenvalue weighted by Gasteiger charge is 2.36. The van der Waals surface area contributed by atoms with E-state index in [0.29, 0.717) is 25.1 Å². The first kappa shape index (κ1) is 32.7. The molecule has 2 aromatic carbocycles. The monoisotopic (exact) mass is 553 g/mol. The van der Waals surface area contributed by atoms with Gasteiger partial charge in [0, 0.05) is 19.5 Å². The summed E-state index contributed by atoms with van der Waals surface area (Å²) in [4.78, 5) is 42.3. The number of amides is 3. The van der Waals surface area contributed by atoms with E-state index in [0.717, 1.165) is 36.8 Å². The van der Waals surface area contributed by atoms with Crippen molar-refractivity contribution in [2.24, 2.45) is 0 Å². The Labute approximate surface area is 239 Å². The molecule has 0 aromatic heterocycles. The van der Waals surface area contributed by atoms with Crippen molar-refractivity contribution in [3.05, 3.63) is 65.2 Å². The molecule has 2 unspecified atom stereocenters. The zero-order valence-corrected chi connectivity index (χ0v) is 25.0. The van der Waals surface area contributed by atoms with Crippen LogP contribution in [-0.2, 0) is 27.2 Å². The number of unbranched alkanes of at least 4 members (excludes halogenated alkanes) is 2. The summed E-state index contributed by atoms with van der Waals surface area (Å²) >= 11 is 0. The number of phenolic OH excluding ortho intramolecular Hbond substituents is 1. The third-order valence-electron chi connectivity index (χ3n) is 6.46. The van der Waals surface area contributed by atoms with Crippen molar-refractivity contribution >= 4 is 17.9 Å². The van der Waals surface area contributed by atoms with E-state index in [1.807, 2.05) is 31.2 Å². The number of aryl methyl sites for hydroxylation is 1. The van der Waals surface area contributed by atoms with Crippen molar-refractivity contribution in [1.82, 2.24) is 15.5 Å². The number of hydrogen-bond acceptors (Lipinski definition) is 5. The molecule has 0 spiro atoms. The van der Waals surface area contributed by atoms with E-state index >= 15 is 0 Å². The number of nitrogens with one attached hydrogen (secondary N) is 2. The molecule has 2 aromatic rings. The number of ether oxygens (including phenoxy) is 1. The van der Waals surface area contributed by atoms with Gasteiger partial charge in [0.1, 0.15) is 23.4 Å². The lowest BCUT2D eigenvalue weighted by Crippen LogP contribution is -2.54. The molecule has 0 heterocycles. The number of rotatable bonds is 14. The smallest absolute Gasteiger partial charge is 0.408 e. The fraction of sp³-hybridized carbons (Fsp3) is 0.531. The van der Waals surface area contributed by atoms with Crippen LogP contribution in [0.5, 0.6) is 5.75 Å². The van der Waals surface area contributed by atoms with Crippen LogP contribution in [0, 0.1) is 0 Å². The van der Waals surface area contributed by atoms with Crippen LogP contribution in [-0.4, -0.2) is 52.6 Å². The summed E-state index contributed by atoms with van der Waals surface area (Å²) in [6.07, 6.45) is 3.83. The largest absolute Gasteiger partial charge is 0.508 e. The van der Waals surface area contributed by atoms with E-state index < -0.39 is 23.8 Å². The van der Waals surface area contributed by atoms with Crippen LogP contribution in [0.4, 0.5) is 4.79 Å². The van der Waals surface area contributed by atoms with Gasteiger partial charge in [-0.3, -0.25) is 9.59 Å². The van der Waals surface area contributed by atoms with Gasteiger partial charge in [-0.05, 0) is 68.9 Å². The Hall–Kier alpha value is -3.55. The Morgan fingerprint density at radius 1 is 0.900 bits per heavy atom. The SMILES string of the molecule is CCCCCNC(=O)C(c1ccc(CC)cc1)N(CCC)C(=O)C(Cc1ccc(O)cc1)NC(=O)OC(C)(C)C. The Morgan fingerprint density at radius 3 is 2.08 bits per heavy atom. The molecule has 0 fully saturated rings. The van der Waals surface area contributed by atoms with Crippen molar-refractivity contribution in [2.45, 2.75) is 97.8 Å². The van der Waals surface area contributed by atoms with Crippen LogP contribution < -0.4 is 10.6 Å². The van der Waals surface area contributed by atoms with Gasteiger partial charge in [0.25, 0.3) is 0 Å². The summed E-state index contributed by atoms with van der Waals surface area (Å²) in [6, 6.07) is 12.4. The van der Waals surface area contributed by atoms with Gasteiger partial charge in [0.2, 0.25) is 11.8 Å². The molecule has 3 N–H and O–H groups in total. The van der Waals surface area contributed by atoms with Crippen molar-refractivity contribution < 1.29 is 24.2 Å². The number of nitrogens with zero attached hydrogens (tertiary/aromatic N) is 1. The first-order chi connectivity index (χ1) is 19.0. The topological polar surface area (TPSA) is 108 Å². The molecule has 8 heteroatoms. The molecule has 0 aliphatic rings. The molecule has 0 radical (unpaired) electrons. The molecule has 40 heavy (non-hydrogen) atoms. The fourth-order valence-electron chi connectivity index (χ4n) is 4.42. The fourth-order valence-corrected chi connectivity index (χ4v) is 4.42. The zero-order valence-electron chi connectivity index (χ0n) is 25.0. The molecule has 8 nitrogen and oxygen atoms in total. The molecule has 0 bridgehead atoms. The van der Waals surface area contributed by atoms with E-state index in [1.54, 1.807) is 37.8 Å². The Morgan fingerprint density at radius 2 is 1.52 bits per heavy atom. The van der Waals surface area contributed by atoms with Crippen molar-refractivity contribution in [3.8, 4) is 5.75 Å². The first-order valence-corrected chi connectivity index (χ1v) is 14.4. The number of benzene rings is 2. The van der Waals surface area contributed by atoms with E-state index in [1.165, 1.54) is 12.1 Å². The number of aromatic hydroxyl groups is 1. The molecule has 0 saturated carbocycles. The molecule has 220 valence electrons. The molecule has 0 aliphatic carbocycles. The van der Waals surface area contributed by atoms with Gasteiger partial charge in [-0.1, -0.05) is 70.0 Å². The average Bonchev–Trinajstić information content (AvgIpc) is 2.90. The van der Waals surface area contributed by atoms with Crippen LogP contribution in [0.3, 0.4) is 0 Å². The summed E-state index contributed by atoms with van der Waals surface area (Å²) in [6.45, 7) is 12.2. The second-order valence-electron chi connectivity index (χ2n) is 11.1. The predicted molar refractivity (Wildman–Crippen MR) is 158 cm³/mol. The van der Waals surface area contributed by atoms with Gasteiger partial charge in [0.05, 0.1) is 0 Å². The highest BCUT2D eigenvalue weighted by atomic mass is 16.6. The van der Waals surface area contributed by atoms with E-state index in [2.05, 4.69) is 24.5 Å². The van der Waals surface area contributed by atoms with Crippen molar-refractivity contribution in [1.29, 1.82) is 0 Å². The Bertz CT molecular complexity index is 1080. The normalized spacial score (nSPS) is 12.8. The second kappa shape index (κ2) is 15.9. The summed E-state index contributed by atoms with van der Waals surface area (Å²) in [5.41, 5.74) is 1.85. The standard InChI is InChI=1S/C32H47N3O5/c1-7-10-11-20-33-29(37)28(25-16-12-23(9-3)13-17-25)35(21-8-2)30(38)27(34-31(39)40-32(4,5)6)22-24-14-18-26(36)19-15-24/h12-19,27-28,36H,7-11,20-22H2,1-6H3,(H,33,37)(H,34,39). The van der Waals surface area contributed by atoms with Crippen LogP contribution in [0.25, 0.3) is 0 Å². The quantitative estimate of drug-likeness (QED) is 0.261. The van der Waals surface area contributed by atoms with Crippen LogP contribution in [0.1, 0.15) is 90.0 Å². The lowest BCUT2D eigenvalue weighted by Gasteiger charge is -2.34. The molecule has 0 saturated heterocycles. The highest BCUT2D eigenvalue weighted by Crippen LogP contribution is 2.25. The maximum atomic E-state index is 14.3. The number of phenols is 1. The Kier molecular flexibility index (Phi) is 13.0. The molecular weight excluding hydrogens is 506 g/mol.